The van der Waals surface area contributed by atoms with Crippen molar-refractivity contribution in [2.45, 2.75) is 18.6 Å². The van der Waals surface area contributed by atoms with Crippen LogP contribution < -0.4 is 10.6 Å². The topological polar surface area (TPSA) is 54.0 Å². The largest absolute Gasteiger partial charge is 0.414 e. The maximum absolute atomic E-state index is 12.9. The minimum atomic E-state index is -4.55. The van der Waals surface area contributed by atoms with Crippen molar-refractivity contribution in [1.82, 2.24) is 15.6 Å². The Morgan fingerprint density at radius 3 is 2.68 bits per heavy atom. The zero-order valence-electron chi connectivity index (χ0n) is 10.1. The summed E-state index contributed by atoms with van der Waals surface area (Å²) in [7, 11) is 0. The Morgan fingerprint density at radius 1 is 1.47 bits per heavy atom. The van der Waals surface area contributed by atoms with Gasteiger partial charge in [0.1, 0.15) is 0 Å². The van der Waals surface area contributed by atoms with Gasteiger partial charge in [-0.05, 0) is 31.1 Å². The van der Waals surface area contributed by atoms with E-state index in [0.29, 0.717) is 13.1 Å². The standard InChI is InChI=1S/C12H14F3N3O/c13-12(14,15)11(9-3-1-2-4-17-9)18-10(19)5-8-6-16-7-8/h1-4,8,11,16H,5-7H2,(H,18,19). The van der Waals surface area contributed by atoms with Gasteiger partial charge in [0, 0.05) is 12.6 Å². The normalized spacial score (nSPS) is 17.6. The Balaban J connectivity index is 2.04. The molecule has 0 radical (unpaired) electrons. The van der Waals surface area contributed by atoms with E-state index in [4.69, 9.17) is 0 Å². The highest BCUT2D eigenvalue weighted by Gasteiger charge is 2.43. The third-order valence-corrected chi connectivity index (χ3v) is 2.96. The molecule has 1 aliphatic rings. The van der Waals surface area contributed by atoms with Crippen molar-refractivity contribution in [2.75, 3.05) is 13.1 Å². The summed E-state index contributed by atoms with van der Waals surface area (Å²) >= 11 is 0. The molecule has 2 rings (SSSR count). The minimum absolute atomic E-state index is 0.104. The van der Waals surface area contributed by atoms with Crippen LogP contribution in [0.4, 0.5) is 13.2 Å². The Hall–Kier alpha value is -1.63. The number of amides is 1. The van der Waals surface area contributed by atoms with E-state index in [0.717, 1.165) is 0 Å². The Morgan fingerprint density at radius 2 is 2.21 bits per heavy atom. The predicted octanol–water partition coefficient (Wildman–Crippen LogP) is 1.41. The highest BCUT2D eigenvalue weighted by molar-refractivity contribution is 5.76. The van der Waals surface area contributed by atoms with Gasteiger partial charge < -0.3 is 10.6 Å². The Kier molecular flexibility index (Phi) is 4.04. The number of carbonyl (C=O) groups excluding carboxylic acids is 1. The summed E-state index contributed by atoms with van der Waals surface area (Å²) < 4.78 is 38.8. The van der Waals surface area contributed by atoms with Gasteiger partial charge in [0.25, 0.3) is 0 Å². The van der Waals surface area contributed by atoms with Crippen LogP contribution in [0, 0.1) is 5.92 Å². The molecule has 19 heavy (non-hydrogen) atoms. The second kappa shape index (κ2) is 5.56. The fourth-order valence-corrected chi connectivity index (χ4v) is 1.85. The first-order valence-corrected chi connectivity index (χ1v) is 5.94. The third-order valence-electron chi connectivity index (χ3n) is 2.96. The lowest BCUT2D eigenvalue weighted by molar-refractivity contribution is -0.164. The average molecular weight is 273 g/mol. The quantitative estimate of drug-likeness (QED) is 0.872. The monoisotopic (exact) mass is 273 g/mol. The molecule has 1 amide bonds. The number of alkyl halides is 3. The lowest BCUT2D eigenvalue weighted by Gasteiger charge is -2.28. The van der Waals surface area contributed by atoms with E-state index in [-0.39, 0.29) is 18.0 Å². The number of aromatic nitrogens is 1. The van der Waals surface area contributed by atoms with Crippen molar-refractivity contribution in [2.24, 2.45) is 5.92 Å². The number of carbonyl (C=O) groups is 1. The molecule has 1 aromatic rings. The van der Waals surface area contributed by atoms with E-state index in [9.17, 15) is 18.0 Å². The molecule has 1 aliphatic heterocycles. The van der Waals surface area contributed by atoms with Gasteiger partial charge in [-0.25, -0.2) is 0 Å². The molecule has 104 valence electrons. The van der Waals surface area contributed by atoms with Gasteiger partial charge in [-0.2, -0.15) is 13.2 Å². The molecule has 1 saturated heterocycles. The number of rotatable bonds is 4. The van der Waals surface area contributed by atoms with Crippen LogP contribution in [-0.4, -0.2) is 30.2 Å². The zero-order valence-corrected chi connectivity index (χ0v) is 10.1. The lowest BCUT2D eigenvalue weighted by atomic mass is 9.99. The van der Waals surface area contributed by atoms with Gasteiger partial charge in [0.2, 0.25) is 5.91 Å². The molecule has 1 aromatic heterocycles. The van der Waals surface area contributed by atoms with Crippen LogP contribution in [0.3, 0.4) is 0 Å². The first-order valence-electron chi connectivity index (χ1n) is 5.94. The van der Waals surface area contributed by atoms with Crippen molar-refractivity contribution in [3.63, 3.8) is 0 Å². The molecule has 2 heterocycles. The van der Waals surface area contributed by atoms with E-state index < -0.39 is 18.1 Å². The fourth-order valence-electron chi connectivity index (χ4n) is 1.85. The van der Waals surface area contributed by atoms with Gasteiger partial charge >= 0.3 is 6.18 Å². The smallest absolute Gasteiger partial charge is 0.340 e. The Bertz CT molecular complexity index is 432. The first-order chi connectivity index (χ1) is 8.97. The number of hydrogen-bond donors (Lipinski definition) is 2. The van der Waals surface area contributed by atoms with Gasteiger partial charge in [-0.15, -0.1) is 0 Å². The molecule has 0 spiro atoms. The number of nitrogens with one attached hydrogen (secondary N) is 2. The summed E-state index contributed by atoms with van der Waals surface area (Å²) in [6.45, 7) is 1.35. The Labute approximate surface area is 108 Å². The maximum Gasteiger partial charge on any atom is 0.414 e. The van der Waals surface area contributed by atoms with Crippen molar-refractivity contribution >= 4 is 5.91 Å². The van der Waals surface area contributed by atoms with E-state index in [1.807, 2.05) is 5.32 Å². The summed E-state index contributed by atoms with van der Waals surface area (Å²) in [6.07, 6.45) is -3.18. The average Bonchev–Trinajstić information content (AvgIpc) is 2.30. The van der Waals surface area contributed by atoms with Gasteiger partial charge in [-0.1, -0.05) is 6.07 Å². The summed E-state index contributed by atoms with van der Waals surface area (Å²) in [5.74, 6) is -0.475. The number of nitrogens with zero attached hydrogens (tertiary/aromatic N) is 1. The molecule has 1 unspecified atom stereocenters. The first kappa shape index (κ1) is 13.8. The van der Waals surface area contributed by atoms with Gasteiger partial charge in [0.15, 0.2) is 6.04 Å². The molecule has 7 heteroatoms. The summed E-state index contributed by atoms with van der Waals surface area (Å²) in [5.41, 5.74) is -0.199. The zero-order chi connectivity index (χ0) is 13.9. The highest BCUT2D eigenvalue weighted by atomic mass is 19.4. The predicted molar refractivity (Wildman–Crippen MR) is 62.2 cm³/mol. The van der Waals surface area contributed by atoms with Crippen molar-refractivity contribution in [3.05, 3.63) is 30.1 Å². The molecule has 0 aliphatic carbocycles. The maximum atomic E-state index is 12.9. The molecule has 1 fully saturated rings. The fraction of sp³-hybridized carbons (Fsp3) is 0.500. The van der Waals surface area contributed by atoms with Crippen molar-refractivity contribution in [1.29, 1.82) is 0 Å². The van der Waals surface area contributed by atoms with E-state index in [2.05, 4.69) is 10.3 Å². The second-order valence-corrected chi connectivity index (χ2v) is 4.53. The van der Waals surface area contributed by atoms with E-state index in [1.165, 1.54) is 24.4 Å². The number of halogens is 3. The van der Waals surface area contributed by atoms with E-state index in [1.54, 1.807) is 0 Å². The summed E-state index contributed by atoms with van der Waals surface area (Å²) in [5, 5.41) is 4.99. The van der Waals surface area contributed by atoms with Gasteiger partial charge in [-0.3, -0.25) is 9.78 Å². The highest BCUT2D eigenvalue weighted by Crippen LogP contribution is 2.31. The summed E-state index contributed by atoms with van der Waals surface area (Å²) in [6, 6.07) is 2.19. The number of pyridine rings is 1. The molecule has 4 nitrogen and oxygen atoms in total. The van der Waals surface area contributed by atoms with E-state index >= 15 is 0 Å². The molecule has 0 aromatic carbocycles. The molecular formula is C12H14F3N3O. The summed E-state index contributed by atoms with van der Waals surface area (Å²) in [4.78, 5) is 15.3. The minimum Gasteiger partial charge on any atom is -0.340 e. The third kappa shape index (κ3) is 3.66. The second-order valence-electron chi connectivity index (χ2n) is 4.53. The SMILES string of the molecule is O=C(CC1CNC1)NC(c1ccccn1)C(F)(F)F. The van der Waals surface area contributed by atoms with Crippen LogP contribution in [0.15, 0.2) is 24.4 Å². The van der Waals surface area contributed by atoms with Crippen LogP contribution in [0.25, 0.3) is 0 Å². The van der Waals surface area contributed by atoms with Crippen molar-refractivity contribution < 1.29 is 18.0 Å². The molecule has 0 bridgehead atoms. The number of hydrogen-bond acceptors (Lipinski definition) is 3. The van der Waals surface area contributed by atoms with Crippen LogP contribution in [-0.2, 0) is 4.79 Å². The van der Waals surface area contributed by atoms with Crippen LogP contribution in [0.1, 0.15) is 18.2 Å². The molecular weight excluding hydrogens is 259 g/mol. The molecule has 1 atom stereocenters. The molecule has 2 N–H and O–H groups in total. The van der Waals surface area contributed by atoms with Crippen LogP contribution in [0.2, 0.25) is 0 Å². The lowest BCUT2D eigenvalue weighted by Crippen LogP contribution is -2.46. The van der Waals surface area contributed by atoms with Gasteiger partial charge in [0.05, 0.1) is 5.69 Å². The van der Waals surface area contributed by atoms with Crippen molar-refractivity contribution in [3.8, 4) is 0 Å². The van der Waals surface area contributed by atoms with Crippen LogP contribution >= 0.6 is 0 Å². The molecule has 0 saturated carbocycles. The van der Waals surface area contributed by atoms with Crippen LogP contribution in [0.5, 0.6) is 0 Å².